The predicted molar refractivity (Wildman–Crippen MR) is 74.4 cm³/mol. The molecule has 0 saturated heterocycles. The van der Waals surface area contributed by atoms with Gasteiger partial charge in [-0.15, -0.1) is 0 Å². The van der Waals surface area contributed by atoms with Gasteiger partial charge in [0.25, 0.3) is 0 Å². The van der Waals surface area contributed by atoms with Crippen LogP contribution in [0.25, 0.3) is 0 Å². The third-order valence-electron chi connectivity index (χ3n) is 3.36. The molecule has 1 saturated carbocycles. The third kappa shape index (κ3) is 3.22. The van der Waals surface area contributed by atoms with Crippen LogP contribution in [0, 0.1) is 5.82 Å². The Bertz CT molecular complexity index is 609. The molecule has 1 fully saturated rings. The van der Waals surface area contributed by atoms with Gasteiger partial charge in [0, 0.05) is 11.1 Å². The fourth-order valence-corrected chi connectivity index (χ4v) is 4.02. The van der Waals surface area contributed by atoms with Crippen LogP contribution < -0.4 is 10.5 Å². The van der Waals surface area contributed by atoms with Crippen molar-refractivity contribution in [2.45, 2.75) is 42.7 Å². The summed E-state index contributed by atoms with van der Waals surface area (Å²) in [6.07, 6.45) is 1.92. The first-order valence-corrected chi connectivity index (χ1v) is 8.12. The highest BCUT2D eigenvalue weighted by Gasteiger charge is 2.30. The van der Waals surface area contributed by atoms with Gasteiger partial charge in [0.1, 0.15) is 4.90 Å². The number of aliphatic hydroxyl groups is 1. The van der Waals surface area contributed by atoms with Crippen LogP contribution in [0.1, 0.15) is 25.7 Å². The molecule has 112 valence electrons. The van der Waals surface area contributed by atoms with Crippen LogP contribution >= 0.6 is 11.6 Å². The van der Waals surface area contributed by atoms with E-state index in [0.29, 0.717) is 12.8 Å². The van der Waals surface area contributed by atoms with E-state index >= 15 is 0 Å². The molecule has 2 rings (SSSR count). The van der Waals surface area contributed by atoms with E-state index in [1.54, 1.807) is 0 Å². The highest BCUT2D eigenvalue weighted by molar-refractivity contribution is 7.89. The van der Waals surface area contributed by atoms with E-state index in [9.17, 15) is 17.9 Å². The number of halogens is 2. The molecule has 1 aliphatic rings. The number of benzene rings is 1. The van der Waals surface area contributed by atoms with E-state index in [-0.39, 0.29) is 10.7 Å². The molecule has 0 spiro atoms. The van der Waals surface area contributed by atoms with Crippen LogP contribution in [0.2, 0.25) is 5.02 Å². The minimum atomic E-state index is -4.12. The monoisotopic (exact) mass is 322 g/mol. The van der Waals surface area contributed by atoms with Crippen molar-refractivity contribution in [2.75, 3.05) is 5.73 Å². The van der Waals surface area contributed by atoms with E-state index in [0.717, 1.165) is 25.0 Å². The molecule has 1 aromatic rings. The van der Waals surface area contributed by atoms with E-state index in [1.165, 1.54) is 0 Å². The Kier molecular flexibility index (Phi) is 4.53. The Morgan fingerprint density at radius 1 is 1.35 bits per heavy atom. The zero-order valence-corrected chi connectivity index (χ0v) is 12.2. The maximum Gasteiger partial charge on any atom is 0.243 e. The summed E-state index contributed by atoms with van der Waals surface area (Å²) in [4.78, 5) is -0.597. The molecule has 5 nitrogen and oxygen atoms in total. The molecule has 0 unspecified atom stereocenters. The number of nitrogens with two attached hydrogens (primary N) is 1. The summed E-state index contributed by atoms with van der Waals surface area (Å²) in [5, 5.41) is 9.82. The molecule has 2 atom stereocenters. The molecule has 0 heterocycles. The van der Waals surface area contributed by atoms with Gasteiger partial charge in [-0.1, -0.05) is 24.4 Å². The van der Waals surface area contributed by atoms with Crippen molar-refractivity contribution >= 4 is 27.3 Å². The van der Waals surface area contributed by atoms with E-state index in [1.807, 2.05) is 0 Å². The molecule has 1 aliphatic carbocycles. The minimum Gasteiger partial charge on any atom is -0.396 e. The quantitative estimate of drug-likeness (QED) is 0.738. The summed E-state index contributed by atoms with van der Waals surface area (Å²) in [5.74, 6) is -1.04. The van der Waals surface area contributed by atoms with Crippen molar-refractivity contribution in [3.05, 3.63) is 23.0 Å². The first-order valence-electron chi connectivity index (χ1n) is 6.26. The topological polar surface area (TPSA) is 92.4 Å². The Hall–Kier alpha value is -0.890. The van der Waals surface area contributed by atoms with Crippen molar-refractivity contribution in [1.82, 2.24) is 4.72 Å². The number of aliphatic hydroxyl groups excluding tert-OH is 1. The minimum absolute atomic E-state index is 0.0356. The van der Waals surface area contributed by atoms with Gasteiger partial charge in [-0.3, -0.25) is 0 Å². The number of sulfonamides is 1. The second-order valence-electron chi connectivity index (χ2n) is 4.89. The van der Waals surface area contributed by atoms with Crippen LogP contribution in [0.3, 0.4) is 0 Å². The van der Waals surface area contributed by atoms with Gasteiger partial charge < -0.3 is 10.8 Å². The van der Waals surface area contributed by atoms with Crippen molar-refractivity contribution in [3.63, 3.8) is 0 Å². The smallest absolute Gasteiger partial charge is 0.243 e. The van der Waals surface area contributed by atoms with Gasteiger partial charge in [-0.2, -0.15) is 0 Å². The highest BCUT2D eigenvalue weighted by Crippen LogP contribution is 2.27. The summed E-state index contributed by atoms with van der Waals surface area (Å²) >= 11 is 5.71. The lowest BCUT2D eigenvalue weighted by Gasteiger charge is -2.28. The van der Waals surface area contributed by atoms with Crippen molar-refractivity contribution < 1.29 is 17.9 Å². The lowest BCUT2D eigenvalue weighted by Crippen LogP contribution is -2.45. The number of anilines is 1. The summed E-state index contributed by atoms with van der Waals surface area (Å²) in [5.41, 5.74) is 5.05. The molecular formula is C12H16ClFN2O3S. The first kappa shape index (κ1) is 15.5. The fraction of sp³-hybridized carbons (Fsp3) is 0.500. The molecular weight excluding hydrogens is 307 g/mol. The number of hydrogen-bond donors (Lipinski definition) is 3. The van der Waals surface area contributed by atoms with E-state index < -0.39 is 32.9 Å². The zero-order valence-electron chi connectivity index (χ0n) is 10.6. The normalized spacial score (nSPS) is 23.8. The Labute approximate surface area is 122 Å². The van der Waals surface area contributed by atoms with Crippen molar-refractivity contribution in [3.8, 4) is 0 Å². The number of hydrogen-bond acceptors (Lipinski definition) is 4. The molecule has 0 bridgehead atoms. The average Bonchev–Trinajstić information content (AvgIpc) is 2.36. The Morgan fingerprint density at radius 2 is 2.00 bits per heavy atom. The molecule has 8 heteroatoms. The molecule has 0 radical (unpaired) electrons. The maximum absolute atomic E-state index is 13.9. The van der Waals surface area contributed by atoms with Crippen molar-refractivity contribution in [2.24, 2.45) is 0 Å². The van der Waals surface area contributed by atoms with E-state index in [4.69, 9.17) is 17.3 Å². The summed E-state index contributed by atoms with van der Waals surface area (Å²) < 4.78 is 40.6. The molecule has 4 N–H and O–H groups in total. The lowest BCUT2D eigenvalue weighted by atomic mass is 9.93. The van der Waals surface area contributed by atoms with Gasteiger partial charge in [-0.05, 0) is 25.0 Å². The largest absolute Gasteiger partial charge is 0.396 e. The fourth-order valence-electron chi connectivity index (χ4n) is 2.29. The van der Waals surface area contributed by atoms with Crippen LogP contribution in [-0.2, 0) is 10.0 Å². The van der Waals surface area contributed by atoms with E-state index in [2.05, 4.69) is 4.72 Å². The third-order valence-corrected chi connectivity index (χ3v) is 5.07. The zero-order chi connectivity index (χ0) is 14.9. The second kappa shape index (κ2) is 5.85. The van der Waals surface area contributed by atoms with Crippen molar-refractivity contribution in [1.29, 1.82) is 0 Å². The van der Waals surface area contributed by atoms with Gasteiger partial charge in [-0.25, -0.2) is 17.5 Å². The number of nitrogen functional groups attached to an aromatic ring is 1. The van der Waals surface area contributed by atoms with Gasteiger partial charge >= 0.3 is 0 Å². The van der Waals surface area contributed by atoms with Gasteiger partial charge in [0.15, 0.2) is 5.82 Å². The molecule has 20 heavy (non-hydrogen) atoms. The molecule has 0 aromatic heterocycles. The van der Waals surface area contributed by atoms with Gasteiger partial charge in [0.05, 0.1) is 11.8 Å². The number of rotatable bonds is 3. The standard InChI is InChI=1S/C12H16ClFN2O3S/c13-7-5-8(15)12(14)11(6-7)20(18,19)16-9-3-1-2-4-10(9)17/h5-6,9-10,16-17H,1-4,15H2/t9-,10-/m0/s1. The summed E-state index contributed by atoms with van der Waals surface area (Å²) in [6.45, 7) is 0. The maximum atomic E-state index is 13.9. The highest BCUT2D eigenvalue weighted by atomic mass is 35.5. The molecule has 0 amide bonds. The Balaban J connectivity index is 2.31. The van der Waals surface area contributed by atoms with Gasteiger partial charge in [0.2, 0.25) is 10.0 Å². The van der Waals surface area contributed by atoms with Crippen LogP contribution in [0.15, 0.2) is 17.0 Å². The molecule has 1 aromatic carbocycles. The Morgan fingerprint density at radius 3 is 2.65 bits per heavy atom. The van der Waals surface area contributed by atoms with Crippen LogP contribution in [0.5, 0.6) is 0 Å². The number of nitrogens with one attached hydrogen (secondary N) is 1. The first-order chi connectivity index (χ1) is 9.31. The second-order valence-corrected chi connectivity index (χ2v) is 7.01. The summed E-state index contributed by atoms with van der Waals surface area (Å²) in [7, 11) is -4.12. The predicted octanol–water partition coefficient (Wildman–Crippen LogP) is 1.64. The van der Waals surface area contributed by atoms with Crippen LogP contribution in [-0.4, -0.2) is 25.7 Å². The summed E-state index contributed by atoms with van der Waals surface area (Å²) in [6, 6.07) is 1.53. The lowest BCUT2D eigenvalue weighted by molar-refractivity contribution is 0.101. The SMILES string of the molecule is Nc1cc(Cl)cc(S(=O)(=O)N[C@H]2CCCC[C@@H]2O)c1F. The van der Waals surface area contributed by atoms with Crippen LogP contribution in [0.4, 0.5) is 10.1 Å². The molecule has 0 aliphatic heterocycles. The average molecular weight is 323 g/mol.